The van der Waals surface area contributed by atoms with Crippen molar-refractivity contribution in [3.05, 3.63) is 25.3 Å². The Morgan fingerprint density at radius 2 is 1.89 bits per heavy atom. The Balaban J connectivity index is 2.12. The molecule has 2 bridgehead atoms. The number of likely N-dealkylation sites (tertiary alicyclic amines) is 1. The van der Waals surface area contributed by atoms with Gasteiger partial charge in [0.2, 0.25) is 17.7 Å². The Hall–Kier alpha value is -1.32. The zero-order valence-corrected chi connectivity index (χ0v) is 25.2. The van der Waals surface area contributed by atoms with Gasteiger partial charge in [-0.2, -0.15) is 0 Å². The number of aliphatic hydroxyl groups is 1. The number of amides is 3. The SMILES string of the molecule is C=CCN(CCC)C(=O)[C@H]1[C@@H]2SC3(CC2Br)C(C(=O)N(CC=C)C(C)CCC)N([C@@H](CC)CO)C(=O)[C@H]13. The number of hydrogen-bond acceptors (Lipinski definition) is 5. The fraction of sp³-hybridized carbons (Fsp3) is 0.750. The van der Waals surface area contributed by atoms with E-state index in [2.05, 4.69) is 36.0 Å². The largest absolute Gasteiger partial charge is 0.394 e. The van der Waals surface area contributed by atoms with Crippen LogP contribution in [-0.4, -0.2) is 96.7 Å². The van der Waals surface area contributed by atoms with Gasteiger partial charge in [0.25, 0.3) is 0 Å². The lowest BCUT2D eigenvalue weighted by molar-refractivity contribution is -0.147. The van der Waals surface area contributed by atoms with E-state index in [-0.39, 0.29) is 40.4 Å². The lowest BCUT2D eigenvalue weighted by atomic mass is 9.70. The van der Waals surface area contributed by atoms with Crippen LogP contribution in [0.25, 0.3) is 0 Å². The van der Waals surface area contributed by atoms with Gasteiger partial charge < -0.3 is 19.8 Å². The Labute approximate surface area is 235 Å². The van der Waals surface area contributed by atoms with Gasteiger partial charge in [-0.05, 0) is 32.6 Å². The van der Waals surface area contributed by atoms with Gasteiger partial charge in [0, 0.05) is 35.8 Å². The molecule has 4 unspecified atom stereocenters. The molecular weight excluding hydrogens is 554 g/mol. The molecule has 0 radical (unpaired) electrons. The topological polar surface area (TPSA) is 81.2 Å². The van der Waals surface area contributed by atoms with Crippen molar-refractivity contribution < 1.29 is 19.5 Å². The number of carbonyl (C=O) groups is 3. The van der Waals surface area contributed by atoms with Crippen molar-refractivity contribution in [2.75, 3.05) is 26.2 Å². The van der Waals surface area contributed by atoms with Crippen molar-refractivity contribution in [2.45, 2.75) is 92.7 Å². The van der Waals surface area contributed by atoms with Crippen LogP contribution in [0.1, 0.15) is 59.8 Å². The fourth-order valence-corrected chi connectivity index (χ4v) is 10.3. The van der Waals surface area contributed by atoms with Crippen LogP contribution in [0.2, 0.25) is 0 Å². The molecule has 3 rings (SSSR count). The molecule has 3 aliphatic rings. The summed E-state index contributed by atoms with van der Waals surface area (Å²) >= 11 is 5.49. The zero-order chi connectivity index (χ0) is 27.5. The molecule has 3 heterocycles. The van der Waals surface area contributed by atoms with Gasteiger partial charge in [0.1, 0.15) is 6.04 Å². The monoisotopic (exact) mass is 597 g/mol. The van der Waals surface area contributed by atoms with Crippen molar-refractivity contribution in [3.8, 4) is 0 Å². The maximum absolute atomic E-state index is 14.5. The predicted octanol–water partition coefficient (Wildman–Crippen LogP) is 3.85. The quantitative estimate of drug-likeness (QED) is 0.243. The third-order valence-corrected chi connectivity index (χ3v) is 11.5. The van der Waals surface area contributed by atoms with E-state index in [4.69, 9.17) is 0 Å². The summed E-state index contributed by atoms with van der Waals surface area (Å²) in [5, 5.41) is 10.2. The smallest absolute Gasteiger partial charge is 0.247 e. The number of nitrogens with zero attached hydrogens (tertiary/aromatic N) is 3. The molecule has 1 N–H and O–H groups in total. The van der Waals surface area contributed by atoms with Crippen molar-refractivity contribution in [1.82, 2.24) is 14.7 Å². The molecule has 1 spiro atoms. The van der Waals surface area contributed by atoms with Gasteiger partial charge in [-0.3, -0.25) is 14.4 Å². The molecule has 3 amide bonds. The van der Waals surface area contributed by atoms with E-state index < -0.39 is 28.7 Å². The van der Waals surface area contributed by atoms with E-state index in [9.17, 15) is 19.5 Å². The highest BCUT2D eigenvalue weighted by atomic mass is 79.9. The molecule has 37 heavy (non-hydrogen) atoms. The van der Waals surface area contributed by atoms with Crippen LogP contribution in [-0.2, 0) is 14.4 Å². The maximum Gasteiger partial charge on any atom is 0.247 e. The minimum absolute atomic E-state index is 0.00876. The summed E-state index contributed by atoms with van der Waals surface area (Å²) in [5.74, 6) is -1.39. The molecular formula is C28H44BrN3O4S. The summed E-state index contributed by atoms with van der Waals surface area (Å²) < 4.78 is -0.715. The first-order valence-corrected chi connectivity index (χ1v) is 15.5. The van der Waals surface area contributed by atoms with Gasteiger partial charge in [0.05, 0.1) is 29.2 Å². The Bertz CT molecular complexity index is 883. The van der Waals surface area contributed by atoms with Gasteiger partial charge in [-0.15, -0.1) is 24.9 Å². The highest BCUT2D eigenvalue weighted by Gasteiger charge is 2.76. The van der Waals surface area contributed by atoms with Gasteiger partial charge >= 0.3 is 0 Å². The van der Waals surface area contributed by atoms with Crippen LogP contribution in [0.3, 0.4) is 0 Å². The molecule has 208 valence electrons. The van der Waals surface area contributed by atoms with E-state index in [0.717, 1.165) is 19.3 Å². The number of hydrogen-bond donors (Lipinski definition) is 1. The number of thioether (sulfide) groups is 1. The first kappa shape index (κ1) is 30.2. The summed E-state index contributed by atoms with van der Waals surface area (Å²) in [5.41, 5.74) is 0. The van der Waals surface area contributed by atoms with Gasteiger partial charge in [-0.1, -0.05) is 55.3 Å². The van der Waals surface area contributed by atoms with Crippen molar-refractivity contribution in [2.24, 2.45) is 11.8 Å². The molecule has 7 nitrogen and oxygen atoms in total. The Morgan fingerprint density at radius 3 is 2.43 bits per heavy atom. The van der Waals surface area contributed by atoms with Crippen molar-refractivity contribution in [3.63, 3.8) is 0 Å². The highest BCUT2D eigenvalue weighted by Crippen LogP contribution is 2.68. The fourth-order valence-electron chi connectivity index (χ4n) is 6.72. The van der Waals surface area contributed by atoms with E-state index in [1.54, 1.807) is 33.7 Å². The van der Waals surface area contributed by atoms with Crippen molar-refractivity contribution >= 4 is 45.4 Å². The molecule has 3 saturated heterocycles. The normalized spacial score (nSPS) is 31.7. The summed E-state index contributed by atoms with van der Waals surface area (Å²) in [4.78, 5) is 48.1. The molecule has 3 aliphatic heterocycles. The average Bonchev–Trinajstić information content (AvgIpc) is 3.46. The summed E-state index contributed by atoms with van der Waals surface area (Å²) in [6.07, 6.45) is 7.23. The zero-order valence-electron chi connectivity index (χ0n) is 22.8. The molecule has 9 heteroatoms. The third kappa shape index (κ3) is 5.17. The Morgan fingerprint density at radius 1 is 1.22 bits per heavy atom. The second-order valence-corrected chi connectivity index (χ2v) is 13.4. The van der Waals surface area contributed by atoms with Crippen LogP contribution in [0.15, 0.2) is 25.3 Å². The van der Waals surface area contributed by atoms with Crippen molar-refractivity contribution in [1.29, 1.82) is 0 Å². The highest BCUT2D eigenvalue weighted by molar-refractivity contribution is 9.09. The lowest BCUT2D eigenvalue weighted by Gasteiger charge is -2.41. The molecule has 0 aromatic heterocycles. The number of alkyl halides is 1. The predicted molar refractivity (Wildman–Crippen MR) is 154 cm³/mol. The molecule has 8 atom stereocenters. The number of fused-ring (bicyclic) bond motifs is 1. The van der Waals surface area contributed by atoms with Crippen LogP contribution in [0.5, 0.6) is 0 Å². The number of rotatable bonds is 14. The number of carbonyl (C=O) groups excluding carboxylic acids is 3. The molecule has 0 aliphatic carbocycles. The maximum atomic E-state index is 14.5. The van der Waals surface area contributed by atoms with E-state index in [1.807, 2.05) is 25.7 Å². The summed E-state index contributed by atoms with van der Waals surface area (Å²) in [6.45, 7) is 17.0. The number of aliphatic hydroxyl groups excluding tert-OH is 1. The molecule has 0 aromatic rings. The first-order valence-electron chi connectivity index (χ1n) is 13.7. The van der Waals surface area contributed by atoms with Crippen LogP contribution >= 0.6 is 27.7 Å². The van der Waals surface area contributed by atoms with E-state index >= 15 is 0 Å². The van der Waals surface area contributed by atoms with E-state index in [0.29, 0.717) is 32.5 Å². The van der Waals surface area contributed by atoms with Crippen LogP contribution in [0, 0.1) is 11.8 Å². The average molecular weight is 599 g/mol. The molecule has 0 saturated carbocycles. The standard InChI is InChI=1S/C28H44BrN3O4S/c1-7-12-18(6)31(15-10-4)27(36)24-28-16-20(29)23(37-28)21(25(34)30(13-8-2)14-9-3)22(28)26(35)32(24)19(11-5)17-33/h8,10,18-24,33H,2,4,7,9,11-17H2,1,3,5-6H3/t18?,19-,20?,21+,22-,23+,24?,28?/m0/s1. The summed E-state index contributed by atoms with van der Waals surface area (Å²) in [7, 11) is 0. The van der Waals surface area contributed by atoms with Gasteiger partial charge in [0.15, 0.2) is 0 Å². The first-order chi connectivity index (χ1) is 17.7. The second-order valence-electron chi connectivity index (χ2n) is 10.6. The minimum atomic E-state index is -0.728. The Kier molecular flexibility index (Phi) is 10.4. The second kappa shape index (κ2) is 12.7. The third-order valence-electron chi connectivity index (χ3n) is 8.32. The lowest BCUT2D eigenvalue weighted by Crippen LogP contribution is -2.59. The van der Waals surface area contributed by atoms with E-state index in [1.165, 1.54) is 0 Å². The van der Waals surface area contributed by atoms with Gasteiger partial charge in [-0.25, -0.2) is 0 Å². The number of halogens is 1. The summed E-state index contributed by atoms with van der Waals surface area (Å²) in [6, 6.07) is -1.21. The molecule has 3 fully saturated rings. The van der Waals surface area contributed by atoms with Crippen LogP contribution in [0.4, 0.5) is 0 Å². The molecule has 0 aromatic carbocycles. The van der Waals surface area contributed by atoms with Crippen LogP contribution < -0.4 is 0 Å². The minimum Gasteiger partial charge on any atom is -0.394 e.